The van der Waals surface area contributed by atoms with Crippen LogP contribution in [0, 0.1) is 25.2 Å². The topological polar surface area (TPSA) is 110 Å². The number of aromatic nitrogens is 1. The summed E-state index contributed by atoms with van der Waals surface area (Å²) in [6, 6.07) is 11.9. The van der Waals surface area contributed by atoms with Crippen LogP contribution in [0.3, 0.4) is 0 Å². The van der Waals surface area contributed by atoms with Crippen molar-refractivity contribution in [3.05, 3.63) is 64.5 Å². The molecule has 0 saturated carbocycles. The molecule has 2 rings (SSSR count). The Balaban J connectivity index is 2.04. The molecule has 0 aliphatic rings. The first-order valence-electron chi connectivity index (χ1n) is 9.64. The van der Waals surface area contributed by atoms with Crippen molar-refractivity contribution in [3.63, 3.8) is 0 Å². The van der Waals surface area contributed by atoms with Crippen LogP contribution in [0.25, 0.3) is 6.08 Å². The number of amides is 2. The largest absolute Gasteiger partial charge is 0.451 e. The zero-order chi connectivity index (χ0) is 23.0. The van der Waals surface area contributed by atoms with Gasteiger partial charge in [-0.2, -0.15) is 5.26 Å². The van der Waals surface area contributed by atoms with Crippen LogP contribution >= 0.6 is 0 Å². The van der Waals surface area contributed by atoms with E-state index in [1.54, 1.807) is 43.5 Å². The van der Waals surface area contributed by atoms with Crippen LogP contribution in [-0.2, 0) is 19.1 Å². The first-order chi connectivity index (χ1) is 14.8. The molecule has 31 heavy (non-hydrogen) atoms. The van der Waals surface area contributed by atoms with E-state index in [2.05, 4.69) is 9.88 Å². The van der Waals surface area contributed by atoms with Gasteiger partial charge in [0.2, 0.25) is 0 Å². The summed E-state index contributed by atoms with van der Waals surface area (Å²) in [5.74, 6) is -2.33. The number of esters is 1. The van der Waals surface area contributed by atoms with E-state index in [9.17, 15) is 19.6 Å². The number of aryl methyl sites for hydroxylation is 1. The molecule has 1 atom stereocenters. The smallest absolute Gasteiger partial charge is 0.349 e. The van der Waals surface area contributed by atoms with Crippen LogP contribution in [-0.4, -0.2) is 42.7 Å². The fraction of sp³-hybridized carbons (Fsp3) is 0.304. The van der Waals surface area contributed by atoms with Crippen molar-refractivity contribution in [3.8, 4) is 6.07 Å². The molecule has 1 aromatic carbocycles. The minimum absolute atomic E-state index is 0.0792. The second-order valence-electron chi connectivity index (χ2n) is 6.99. The summed E-state index contributed by atoms with van der Waals surface area (Å²) >= 11 is 0. The number of methoxy groups -OCH3 is 1. The first kappa shape index (κ1) is 23.6. The van der Waals surface area contributed by atoms with Crippen molar-refractivity contribution < 1.29 is 23.9 Å². The van der Waals surface area contributed by atoms with E-state index in [-0.39, 0.29) is 11.6 Å². The number of carbonyl (C=O) groups excluding carboxylic acids is 3. The standard InChI is InChI=1S/C23H25N3O5/c1-15-10-19(17(3)26(15)16(2)13-30-4)11-20(12-24)23(29)31-14-21(27)25-22(28)18-8-6-5-7-9-18/h5-11,16H,13-14H2,1-4H3,(H,25,27,28)/b20-11+/t16-/m0/s1. The predicted octanol–water partition coefficient (Wildman–Crippen LogP) is 2.72. The molecule has 0 spiro atoms. The van der Waals surface area contributed by atoms with Crippen molar-refractivity contribution in [2.45, 2.75) is 26.8 Å². The Morgan fingerprint density at radius 3 is 2.52 bits per heavy atom. The summed E-state index contributed by atoms with van der Waals surface area (Å²) in [6.45, 7) is 5.65. The Hall–Kier alpha value is -3.70. The van der Waals surface area contributed by atoms with Crippen LogP contribution in [0.15, 0.2) is 42.0 Å². The molecular formula is C23H25N3O5. The zero-order valence-electron chi connectivity index (χ0n) is 18.0. The number of imide groups is 1. The summed E-state index contributed by atoms with van der Waals surface area (Å²) in [7, 11) is 1.62. The highest BCUT2D eigenvalue weighted by Crippen LogP contribution is 2.23. The lowest BCUT2D eigenvalue weighted by Crippen LogP contribution is -2.34. The van der Waals surface area contributed by atoms with E-state index in [0.717, 1.165) is 11.4 Å². The lowest BCUT2D eigenvalue weighted by molar-refractivity contribution is -0.144. The van der Waals surface area contributed by atoms with E-state index < -0.39 is 24.4 Å². The maximum Gasteiger partial charge on any atom is 0.349 e. The van der Waals surface area contributed by atoms with Gasteiger partial charge in [0.1, 0.15) is 11.6 Å². The average molecular weight is 423 g/mol. The molecule has 1 heterocycles. The first-order valence-corrected chi connectivity index (χ1v) is 9.64. The van der Waals surface area contributed by atoms with Crippen LogP contribution in [0.5, 0.6) is 0 Å². The molecule has 1 N–H and O–H groups in total. The lowest BCUT2D eigenvalue weighted by atomic mass is 10.1. The van der Waals surface area contributed by atoms with Gasteiger partial charge < -0.3 is 14.0 Å². The lowest BCUT2D eigenvalue weighted by Gasteiger charge is -2.17. The highest BCUT2D eigenvalue weighted by atomic mass is 16.5. The third-order valence-corrected chi connectivity index (χ3v) is 4.64. The van der Waals surface area contributed by atoms with Crippen molar-refractivity contribution in [2.75, 3.05) is 20.3 Å². The summed E-state index contributed by atoms with van der Waals surface area (Å²) in [5.41, 5.74) is 2.57. The van der Waals surface area contributed by atoms with Crippen molar-refractivity contribution >= 4 is 23.9 Å². The summed E-state index contributed by atoms with van der Waals surface area (Å²) in [6.07, 6.45) is 1.42. The van der Waals surface area contributed by atoms with Gasteiger partial charge in [-0.1, -0.05) is 18.2 Å². The van der Waals surface area contributed by atoms with Gasteiger partial charge in [0, 0.05) is 24.1 Å². The maximum absolute atomic E-state index is 12.3. The SMILES string of the molecule is COC[C@H](C)n1c(C)cc(/C=C(\C#N)C(=O)OCC(=O)NC(=O)c2ccccc2)c1C. The monoisotopic (exact) mass is 423 g/mol. The van der Waals surface area contributed by atoms with Gasteiger partial charge >= 0.3 is 5.97 Å². The maximum atomic E-state index is 12.3. The molecule has 8 nitrogen and oxygen atoms in total. The quantitative estimate of drug-likeness (QED) is 0.397. The van der Waals surface area contributed by atoms with Gasteiger partial charge in [-0.05, 0) is 50.6 Å². The van der Waals surface area contributed by atoms with E-state index in [4.69, 9.17) is 9.47 Å². The molecule has 0 bridgehead atoms. The average Bonchev–Trinajstić information content (AvgIpc) is 3.03. The van der Waals surface area contributed by atoms with Crippen molar-refractivity contribution in [1.29, 1.82) is 5.26 Å². The molecule has 0 unspecified atom stereocenters. The Kier molecular flexibility index (Phi) is 8.29. The second-order valence-corrected chi connectivity index (χ2v) is 6.99. The van der Waals surface area contributed by atoms with Crippen LogP contribution in [0.2, 0.25) is 0 Å². The molecule has 0 aliphatic carbocycles. The fourth-order valence-electron chi connectivity index (χ4n) is 3.27. The van der Waals surface area contributed by atoms with Crippen molar-refractivity contribution in [1.82, 2.24) is 9.88 Å². The van der Waals surface area contributed by atoms with Gasteiger partial charge in [0.15, 0.2) is 6.61 Å². The molecule has 8 heteroatoms. The molecule has 0 aliphatic heterocycles. The molecule has 162 valence electrons. The number of ether oxygens (including phenoxy) is 2. The highest BCUT2D eigenvalue weighted by molar-refractivity contribution is 6.06. The van der Waals surface area contributed by atoms with Crippen molar-refractivity contribution in [2.24, 2.45) is 0 Å². The third kappa shape index (κ3) is 6.14. The summed E-state index contributed by atoms with van der Waals surface area (Å²) in [4.78, 5) is 36.1. The number of nitrogens with zero attached hydrogens (tertiary/aromatic N) is 2. The Labute approximate surface area is 181 Å². The van der Waals surface area contributed by atoms with Gasteiger partial charge in [-0.3, -0.25) is 14.9 Å². The highest BCUT2D eigenvalue weighted by Gasteiger charge is 2.18. The Morgan fingerprint density at radius 2 is 1.90 bits per heavy atom. The minimum atomic E-state index is -0.945. The third-order valence-electron chi connectivity index (χ3n) is 4.64. The van der Waals surface area contributed by atoms with Gasteiger partial charge in [0.05, 0.1) is 12.6 Å². The molecule has 0 saturated heterocycles. The van der Waals surface area contributed by atoms with E-state index in [0.29, 0.717) is 17.7 Å². The second kappa shape index (κ2) is 10.9. The number of hydrogen-bond acceptors (Lipinski definition) is 6. The number of benzene rings is 1. The minimum Gasteiger partial charge on any atom is -0.451 e. The van der Waals surface area contributed by atoms with E-state index >= 15 is 0 Å². The summed E-state index contributed by atoms with van der Waals surface area (Å²) < 4.78 is 12.2. The number of hydrogen-bond donors (Lipinski definition) is 1. The molecule has 0 radical (unpaired) electrons. The Bertz CT molecular complexity index is 1030. The normalized spacial score (nSPS) is 12.0. The molecule has 2 amide bonds. The zero-order valence-corrected chi connectivity index (χ0v) is 18.0. The molecule has 1 aromatic heterocycles. The van der Waals surface area contributed by atoms with Crippen LogP contribution in [0.1, 0.15) is 40.3 Å². The van der Waals surface area contributed by atoms with Crippen LogP contribution in [0.4, 0.5) is 0 Å². The number of carbonyl (C=O) groups is 3. The van der Waals surface area contributed by atoms with Crippen LogP contribution < -0.4 is 5.32 Å². The predicted molar refractivity (Wildman–Crippen MR) is 114 cm³/mol. The Morgan fingerprint density at radius 1 is 1.23 bits per heavy atom. The molecular weight excluding hydrogens is 398 g/mol. The number of nitriles is 1. The van der Waals surface area contributed by atoms with Gasteiger partial charge in [-0.25, -0.2) is 4.79 Å². The number of nitrogens with one attached hydrogen (secondary N) is 1. The van der Waals surface area contributed by atoms with Gasteiger partial charge in [0.25, 0.3) is 11.8 Å². The fourth-order valence-corrected chi connectivity index (χ4v) is 3.27. The number of rotatable bonds is 8. The van der Waals surface area contributed by atoms with E-state index in [1.165, 1.54) is 6.08 Å². The van der Waals surface area contributed by atoms with Gasteiger partial charge in [-0.15, -0.1) is 0 Å². The van der Waals surface area contributed by atoms with E-state index in [1.807, 2.05) is 26.8 Å². The molecule has 2 aromatic rings. The molecule has 0 fully saturated rings. The summed E-state index contributed by atoms with van der Waals surface area (Å²) in [5, 5.41) is 11.5.